The molecular weight excluding hydrogens is 287 g/mol. The van der Waals surface area contributed by atoms with Crippen molar-refractivity contribution in [3.8, 4) is 0 Å². The molecule has 5 N–H and O–H groups in total. The Balaban J connectivity index is 2.18. The van der Waals surface area contributed by atoms with Crippen LogP contribution in [0.25, 0.3) is 5.52 Å². The molecule has 0 saturated carbocycles. The number of aromatic nitrogens is 3. The SMILES string of the molecule is CC(Cc1ccc2c(=O)[nH]c(N)nn12)OCP(=O)(O)O. The smallest absolute Gasteiger partial charge is 0.350 e. The van der Waals surface area contributed by atoms with Gasteiger partial charge in [0.15, 0.2) is 0 Å². The van der Waals surface area contributed by atoms with Gasteiger partial charge < -0.3 is 20.3 Å². The van der Waals surface area contributed by atoms with Crippen molar-refractivity contribution in [2.75, 3.05) is 12.1 Å². The van der Waals surface area contributed by atoms with E-state index >= 15 is 0 Å². The topological polar surface area (TPSA) is 143 Å². The lowest BCUT2D eigenvalue weighted by Crippen LogP contribution is -2.18. The molecule has 0 aliphatic rings. The molecule has 0 amide bonds. The first-order valence-corrected chi connectivity index (χ1v) is 7.58. The molecule has 2 aromatic rings. The summed E-state index contributed by atoms with van der Waals surface area (Å²) in [5, 5.41) is 3.99. The van der Waals surface area contributed by atoms with E-state index in [0.717, 1.165) is 0 Å². The molecule has 2 heterocycles. The first kappa shape index (κ1) is 14.7. The van der Waals surface area contributed by atoms with Gasteiger partial charge in [-0.2, -0.15) is 0 Å². The number of nitrogens with zero attached hydrogens (tertiary/aromatic N) is 2. The third-order valence-corrected chi connectivity index (χ3v) is 3.13. The van der Waals surface area contributed by atoms with Gasteiger partial charge in [0.2, 0.25) is 5.95 Å². The maximum Gasteiger partial charge on any atom is 0.350 e. The second-order valence-corrected chi connectivity index (χ2v) is 6.02. The fourth-order valence-electron chi connectivity index (χ4n) is 1.81. The molecule has 20 heavy (non-hydrogen) atoms. The van der Waals surface area contributed by atoms with Crippen LogP contribution in [-0.4, -0.2) is 36.8 Å². The van der Waals surface area contributed by atoms with Gasteiger partial charge in [-0.3, -0.25) is 14.3 Å². The quantitative estimate of drug-likeness (QED) is 0.554. The lowest BCUT2D eigenvalue weighted by atomic mass is 10.2. The fraction of sp³-hybridized carbons (Fsp3) is 0.400. The van der Waals surface area contributed by atoms with Gasteiger partial charge in [0.25, 0.3) is 5.56 Å². The van der Waals surface area contributed by atoms with E-state index < -0.39 is 20.0 Å². The summed E-state index contributed by atoms with van der Waals surface area (Å²) in [5.41, 5.74) is 6.13. The lowest BCUT2D eigenvalue weighted by molar-refractivity contribution is 0.0877. The molecule has 0 aromatic carbocycles. The minimum absolute atomic E-state index is 0.0104. The fourth-order valence-corrected chi connectivity index (χ4v) is 2.26. The number of ether oxygens (including phenoxy) is 1. The molecular formula is C10H15N4O5P. The van der Waals surface area contributed by atoms with Crippen LogP contribution in [0.4, 0.5) is 5.95 Å². The normalized spacial score (nSPS) is 13.8. The molecule has 9 nitrogen and oxygen atoms in total. The van der Waals surface area contributed by atoms with Gasteiger partial charge in [0.05, 0.1) is 6.10 Å². The molecule has 0 aliphatic heterocycles. The molecule has 10 heteroatoms. The summed E-state index contributed by atoms with van der Waals surface area (Å²) < 4.78 is 17.2. The van der Waals surface area contributed by atoms with Crippen LogP contribution >= 0.6 is 7.60 Å². The highest BCUT2D eigenvalue weighted by molar-refractivity contribution is 7.51. The zero-order valence-electron chi connectivity index (χ0n) is 10.7. The average Bonchev–Trinajstić information content (AvgIpc) is 2.69. The molecule has 0 radical (unpaired) electrons. The van der Waals surface area contributed by atoms with Gasteiger partial charge in [0.1, 0.15) is 11.9 Å². The molecule has 0 saturated heterocycles. The van der Waals surface area contributed by atoms with Gasteiger partial charge in [-0.15, -0.1) is 5.10 Å². The molecule has 0 fully saturated rings. The summed E-state index contributed by atoms with van der Waals surface area (Å²) in [5.74, 6) is -0.0104. The standard InChI is InChI=1S/C10H15N4O5P/c1-6(19-5-20(16,17)18)4-7-2-3-8-9(15)12-10(11)13-14(7)8/h2-3,6H,4-5H2,1H3,(H2,16,17,18)(H3,11,12,13,15). The van der Waals surface area contributed by atoms with Gasteiger partial charge in [0, 0.05) is 12.1 Å². The molecule has 0 bridgehead atoms. The Kier molecular flexibility index (Phi) is 3.96. The number of anilines is 1. The average molecular weight is 302 g/mol. The van der Waals surface area contributed by atoms with Gasteiger partial charge in [-0.1, -0.05) is 0 Å². The van der Waals surface area contributed by atoms with Crippen molar-refractivity contribution in [2.24, 2.45) is 0 Å². The van der Waals surface area contributed by atoms with Crippen molar-refractivity contribution in [1.82, 2.24) is 14.6 Å². The summed E-state index contributed by atoms with van der Waals surface area (Å²) in [6.45, 7) is 1.67. The van der Waals surface area contributed by atoms with E-state index in [1.807, 2.05) is 0 Å². The zero-order chi connectivity index (χ0) is 14.9. The predicted molar refractivity (Wildman–Crippen MR) is 71.4 cm³/mol. The van der Waals surface area contributed by atoms with Crippen molar-refractivity contribution in [2.45, 2.75) is 19.4 Å². The van der Waals surface area contributed by atoms with Crippen molar-refractivity contribution >= 4 is 19.1 Å². The highest BCUT2D eigenvalue weighted by Crippen LogP contribution is 2.34. The highest BCUT2D eigenvalue weighted by Gasteiger charge is 2.17. The van der Waals surface area contributed by atoms with E-state index in [1.165, 1.54) is 4.52 Å². The summed E-state index contributed by atoms with van der Waals surface area (Å²) in [7, 11) is -4.19. The number of nitrogens with one attached hydrogen (secondary N) is 1. The Labute approximate surface area is 113 Å². The van der Waals surface area contributed by atoms with E-state index in [0.29, 0.717) is 17.6 Å². The Morgan fingerprint density at radius 1 is 1.55 bits per heavy atom. The summed E-state index contributed by atoms with van der Waals surface area (Å²) in [6.07, 6.45) is -0.749. The van der Waals surface area contributed by atoms with Crippen LogP contribution in [0.1, 0.15) is 12.6 Å². The maximum atomic E-state index is 11.6. The van der Waals surface area contributed by atoms with Gasteiger partial charge in [-0.05, 0) is 19.1 Å². The monoisotopic (exact) mass is 302 g/mol. The maximum absolute atomic E-state index is 11.6. The number of H-pyrrole nitrogens is 1. The number of hydrogen-bond donors (Lipinski definition) is 4. The molecule has 1 atom stereocenters. The minimum Gasteiger partial charge on any atom is -0.368 e. The van der Waals surface area contributed by atoms with E-state index in [4.69, 9.17) is 20.3 Å². The van der Waals surface area contributed by atoms with Gasteiger partial charge >= 0.3 is 7.60 Å². The largest absolute Gasteiger partial charge is 0.368 e. The minimum atomic E-state index is -4.19. The van der Waals surface area contributed by atoms with Crippen molar-refractivity contribution in [3.63, 3.8) is 0 Å². The van der Waals surface area contributed by atoms with Crippen LogP contribution in [0.3, 0.4) is 0 Å². The van der Waals surface area contributed by atoms with E-state index in [9.17, 15) is 9.36 Å². The van der Waals surface area contributed by atoms with Crippen molar-refractivity contribution < 1.29 is 19.1 Å². The molecule has 2 rings (SSSR count). The van der Waals surface area contributed by atoms with Crippen LogP contribution < -0.4 is 11.3 Å². The number of aromatic amines is 1. The molecule has 0 spiro atoms. The Bertz CT molecular complexity index is 718. The van der Waals surface area contributed by atoms with E-state index in [2.05, 4.69) is 10.1 Å². The van der Waals surface area contributed by atoms with E-state index in [-0.39, 0.29) is 11.5 Å². The Morgan fingerprint density at radius 2 is 2.25 bits per heavy atom. The highest BCUT2D eigenvalue weighted by atomic mass is 31.2. The summed E-state index contributed by atoms with van der Waals surface area (Å²) >= 11 is 0. The predicted octanol–water partition coefficient (Wildman–Crippen LogP) is -0.312. The first-order chi connectivity index (χ1) is 9.26. The van der Waals surface area contributed by atoms with Crippen molar-refractivity contribution in [3.05, 3.63) is 28.2 Å². The third kappa shape index (κ3) is 3.45. The van der Waals surface area contributed by atoms with Crippen molar-refractivity contribution in [1.29, 1.82) is 0 Å². The Morgan fingerprint density at radius 3 is 2.90 bits per heavy atom. The molecule has 1 unspecified atom stereocenters. The first-order valence-electron chi connectivity index (χ1n) is 5.79. The zero-order valence-corrected chi connectivity index (χ0v) is 11.6. The lowest BCUT2D eigenvalue weighted by Gasteiger charge is -2.13. The molecule has 0 aliphatic carbocycles. The third-order valence-electron chi connectivity index (χ3n) is 2.64. The second kappa shape index (κ2) is 5.37. The van der Waals surface area contributed by atoms with E-state index in [1.54, 1.807) is 19.1 Å². The molecule has 2 aromatic heterocycles. The second-order valence-electron chi connectivity index (χ2n) is 4.44. The number of nitrogens with two attached hydrogens (primary N) is 1. The number of rotatable bonds is 5. The van der Waals surface area contributed by atoms with Crippen LogP contribution in [0.5, 0.6) is 0 Å². The summed E-state index contributed by atoms with van der Waals surface area (Å²) in [4.78, 5) is 31.5. The van der Waals surface area contributed by atoms with Crippen LogP contribution in [0.15, 0.2) is 16.9 Å². The number of hydrogen-bond acceptors (Lipinski definition) is 5. The van der Waals surface area contributed by atoms with Crippen LogP contribution in [-0.2, 0) is 15.7 Å². The van der Waals surface area contributed by atoms with Crippen LogP contribution in [0, 0.1) is 0 Å². The molecule has 110 valence electrons. The van der Waals surface area contributed by atoms with Crippen LogP contribution in [0.2, 0.25) is 0 Å². The van der Waals surface area contributed by atoms with Gasteiger partial charge in [-0.25, -0.2) is 4.52 Å². The number of fused-ring (bicyclic) bond motifs is 1. The Hall–Kier alpha value is -1.67. The number of nitrogen functional groups attached to an aromatic ring is 1. The summed E-state index contributed by atoms with van der Waals surface area (Å²) in [6, 6.07) is 3.28.